The van der Waals surface area contributed by atoms with Crippen LogP contribution in [0.25, 0.3) is 134 Å². The van der Waals surface area contributed by atoms with Crippen molar-refractivity contribution in [3.05, 3.63) is 344 Å². The van der Waals surface area contributed by atoms with Crippen molar-refractivity contribution in [1.29, 1.82) is 0 Å². The van der Waals surface area contributed by atoms with Gasteiger partial charge in [-0.3, -0.25) is 0 Å². The Kier molecular flexibility index (Phi) is 12.1. The maximum absolute atomic E-state index is 5.55. The van der Waals surface area contributed by atoms with Gasteiger partial charge in [-0.1, -0.05) is 261 Å². The Bertz CT molecular complexity index is 4550. The Morgan fingerprint density at radius 2 is 0.388 bits per heavy atom. The number of fused-ring (bicyclic) bond motifs is 10. The zero-order valence-corrected chi connectivity index (χ0v) is 46.4. The van der Waals surface area contributed by atoms with Gasteiger partial charge in [-0.25, -0.2) is 15.0 Å². The summed E-state index contributed by atoms with van der Waals surface area (Å²) in [5.74, 6) is 1.79. The molecule has 0 radical (unpaired) electrons. The number of hydrogen-bond acceptors (Lipinski definition) is 3. The number of benzene rings is 13. The van der Waals surface area contributed by atoms with Crippen LogP contribution in [0, 0.1) is 0 Å². The summed E-state index contributed by atoms with van der Waals surface area (Å²) in [5.41, 5.74) is 28.1. The summed E-state index contributed by atoms with van der Waals surface area (Å²) in [7, 11) is 0. The lowest BCUT2D eigenvalue weighted by molar-refractivity contribution is 0.794. The van der Waals surface area contributed by atoms with Crippen LogP contribution >= 0.6 is 0 Å². The molecule has 396 valence electrons. The molecule has 0 aliphatic heterocycles. The Balaban J connectivity index is 0.891. The zero-order valence-electron chi connectivity index (χ0n) is 46.4. The number of hydrogen-bond donors (Lipinski definition) is 0. The molecule has 1 unspecified atom stereocenters. The molecule has 16 rings (SSSR count). The van der Waals surface area contributed by atoms with Crippen LogP contribution in [0.15, 0.2) is 322 Å². The van der Waals surface area contributed by atoms with E-state index in [0.29, 0.717) is 17.5 Å². The minimum Gasteiger partial charge on any atom is -0.208 e. The Morgan fingerprint density at radius 1 is 0.153 bits per heavy atom. The molecule has 3 heteroatoms. The highest BCUT2D eigenvalue weighted by molar-refractivity contribution is 5.97. The molecule has 0 amide bonds. The SMILES string of the molecule is c1ccc(-c2cc(-c3ccccc3)cc(-c3cccc(-c4nc(-c5cccc(-c6cc(-c7ccccc7)cc(-c7ccccc7)c6)c5)nc(-c5ccc6c(c5)C5(c7ccccc7-c7ccc(-c8ccccc8)cc75)c5ccccc5-6)n4)c3)c2)cc1. The molecule has 2 aliphatic carbocycles. The lowest BCUT2D eigenvalue weighted by Crippen LogP contribution is -2.26. The van der Waals surface area contributed by atoms with Gasteiger partial charge in [-0.2, -0.15) is 0 Å². The summed E-state index contributed by atoms with van der Waals surface area (Å²) in [6.07, 6.45) is 0. The van der Waals surface area contributed by atoms with E-state index in [9.17, 15) is 0 Å². The van der Waals surface area contributed by atoms with Crippen molar-refractivity contribution < 1.29 is 0 Å². The molecule has 1 spiro atoms. The highest BCUT2D eigenvalue weighted by atomic mass is 15.0. The van der Waals surface area contributed by atoms with E-state index < -0.39 is 5.41 Å². The Hall–Kier alpha value is -11.1. The van der Waals surface area contributed by atoms with E-state index >= 15 is 0 Å². The van der Waals surface area contributed by atoms with Crippen molar-refractivity contribution in [2.45, 2.75) is 5.41 Å². The maximum Gasteiger partial charge on any atom is 0.164 e. The largest absolute Gasteiger partial charge is 0.208 e. The molecular weight excluding hydrogens is 1030 g/mol. The van der Waals surface area contributed by atoms with Crippen LogP contribution in [0.4, 0.5) is 0 Å². The molecule has 0 bridgehead atoms. The Labute approximate surface area is 495 Å². The molecule has 1 heterocycles. The Morgan fingerprint density at radius 3 is 0.765 bits per heavy atom. The molecule has 1 aromatic heterocycles. The predicted molar refractivity (Wildman–Crippen MR) is 350 cm³/mol. The first-order valence-electron chi connectivity index (χ1n) is 29.1. The predicted octanol–water partition coefficient (Wildman–Crippen LogP) is 20.9. The average Bonchev–Trinajstić information content (AvgIpc) is 1.53. The summed E-state index contributed by atoms with van der Waals surface area (Å²) < 4.78 is 0. The first-order valence-corrected chi connectivity index (χ1v) is 29.1. The molecule has 1 atom stereocenters. The first-order chi connectivity index (χ1) is 42.1. The minimum absolute atomic E-state index is 0.592. The number of aromatic nitrogens is 3. The summed E-state index contributed by atoms with van der Waals surface area (Å²) in [5, 5.41) is 0. The monoisotopic (exact) mass is 1080 g/mol. The van der Waals surface area contributed by atoms with Gasteiger partial charge in [-0.05, 0) is 183 Å². The highest BCUT2D eigenvalue weighted by Gasteiger charge is 2.52. The van der Waals surface area contributed by atoms with E-state index in [1.165, 1.54) is 55.6 Å². The summed E-state index contributed by atoms with van der Waals surface area (Å²) in [6.45, 7) is 0. The fourth-order valence-corrected chi connectivity index (χ4v) is 13.3. The number of rotatable bonds is 10. The standard InChI is InChI=1S/C82H53N3/c1-6-22-54(23-7-1)61-40-42-73-71-36-16-18-38-75(71)82(77(73)52-61)76-39-19-17-37-72(76)74-43-41-64(53-78(74)82)81-84-79(62-34-20-32-59(44-62)69-48-65(55-24-8-2-9-25-55)46-66(49-69)56-26-10-3-11-27-56)83-80(85-81)63-35-21-33-60(45-63)70-50-67(57-28-12-4-13-29-57)47-68(51-70)58-30-14-5-15-31-58/h1-53H. The molecule has 14 aromatic rings. The molecule has 0 fully saturated rings. The molecule has 0 saturated heterocycles. The fourth-order valence-electron chi connectivity index (χ4n) is 13.3. The lowest BCUT2D eigenvalue weighted by Gasteiger charge is -2.31. The summed E-state index contributed by atoms with van der Waals surface area (Å²) >= 11 is 0. The van der Waals surface area contributed by atoms with E-state index in [1.54, 1.807) is 0 Å². The second-order valence-corrected chi connectivity index (χ2v) is 22.3. The van der Waals surface area contributed by atoms with Gasteiger partial charge in [0.1, 0.15) is 0 Å². The van der Waals surface area contributed by atoms with Crippen LogP contribution in [0.5, 0.6) is 0 Å². The zero-order chi connectivity index (χ0) is 56.3. The van der Waals surface area contributed by atoms with Crippen molar-refractivity contribution in [1.82, 2.24) is 15.0 Å². The summed E-state index contributed by atoms with van der Waals surface area (Å²) in [4.78, 5) is 16.6. The quantitative estimate of drug-likeness (QED) is 0.137. The topological polar surface area (TPSA) is 38.7 Å². The van der Waals surface area contributed by atoms with Crippen LogP contribution in [0.2, 0.25) is 0 Å². The summed E-state index contributed by atoms with van der Waals surface area (Å²) in [6, 6.07) is 116. The van der Waals surface area contributed by atoms with Gasteiger partial charge >= 0.3 is 0 Å². The van der Waals surface area contributed by atoms with Crippen molar-refractivity contribution in [2.24, 2.45) is 0 Å². The van der Waals surface area contributed by atoms with Crippen LogP contribution in [0.1, 0.15) is 22.3 Å². The molecule has 0 N–H and O–H groups in total. The molecule has 0 saturated carbocycles. The number of nitrogens with zero attached hydrogens (tertiary/aromatic N) is 3. The van der Waals surface area contributed by atoms with Gasteiger partial charge in [0.2, 0.25) is 0 Å². The van der Waals surface area contributed by atoms with E-state index in [2.05, 4.69) is 322 Å². The van der Waals surface area contributed by atoms with Crippen molar-refractivity contribution in [3.63, 3.8) is 0 Å². The average molecular weight is 1080 g/mol. The molecule has 13 aromatic carbocycles. The van der Waals surface area contributed by atoms with Crippen LogP contribution in [-0.2, 0) is 5.41 Å². The van der Waals surface area contributed by atoms with Crippen LogP contribution in [0.3, 0.4) is 0 Å². The third-order valence-corrected chi connectivity index (χ3v) is 17.3. The van der Waals surface area contributed by atoms with E-state index in [0.717, 1.165) is 83.5 Å². The van der Waals surface area contributed by atoms with Crippen LogP contribution in [-0.4, -0.2) is 15.0 Å². The molecule has 3 nitrogen and oxygen atoms in total. The highest BCUT2D eigenvalue weighted by Crippen LogP contribution is 2.63. The second kappa shape index (κ2) is 20.7. The molecule has 85 heavy (non-hydrogen) atoms. The third kappa shape index (κ3) is 8.72. The van der Waals surface area contributed by atoms with Crippen molar-refractivity contribution in [3.8, 4) is 134 Å². The minimum atomic E-state index is -0.597. The lowest BCUT2D eigenvalue weighted by atomic mass is 9.70. The molecule has 2 aliphatic rings. The van der Waals surface area contributed by atoms with Gasteiger partial charge in [-0.15, -0.1) is 0 Å². The smallest absolute Gasteiger partial charge is 0.164 e. The second-order valence-electron chi connectivity index (χ2n) is 22.3. The van der Waals surface area contributed by atoms with Crippen molar-refractivity contribution in [2.75, 3.05) is 0 Å². The van der Waals surface area contributed by atoms with E-state index in [1.807, 2.05) is 0 Å². The van der Waals surface area contributed by atoms with Gasteiger partial charge < -0.3 is 0 Å². The van der Waals surface area contributed by atoms with E-state index in [-0.39, 0.29) is 0 Å². The first kappa shape index (κ1) is 49.7. The fraction of sp³-hybridized carbons (Fsp3) is 0.0122. The molecular formula is C82H53N3. The van der Waals surface area contributed by atoms with Gasteiger partial charge in [0.15, 0.2) is 17.5 Å². The van der Waals surface area contributed by atoms with Gasteiger partial charge in [0.05, 0.1) is 5.41 Å². The van der Waals surface area contributed by atoms with Crippen molar-refractivity contribution >= 4 is 0 Å². The maximum atomic E-state index is 5.55. The van der Waals surface area contributed by atoms with Gasteiger partial charge in [0, 0.05) is 16.7 Å². The van der Waals surface area contributed by atoms with E-state index in [4.69, 9.17) is 15.0 Å². The normalized spacial score (nSPS) is 13.5. The third-order valence-electron chi connectivity index (χ3n) is 17.3. The van der Waals surface area contributed by atoms with Crippen LogP contribution < -0.4 is 0 Å². The van der Waals surface area contributed by atoms with Gasteiger partial charge in [0.25, 0.3) is 0 Å².